The van der Waals surface area contributed by atoms with Crippen LogP contribution in [0.5, 0.6) is 0 Å². The lowest BCUT2D eigenvalue weighted by atomic mass is 10.2. The highest BCUT2D eigenvalue weighted by atomic mass is 13.8. The van der Waals surface area contributed by atoms with Gasteiger partial charge in [0.05, 0.1) is 0 Å². The largest absolute Gasteiger partial charge is 0.0991 e. The van der Waals surface area contributed by atoms with E-state index in [1.54, 1.807) is 6.08 Å². The summed E-state index contributed by atoms with van der Waals surface area (Å²) in [5, 5.41) is 0. The van der Waals surface area contributed by atoms with E-state index in [9.17, 15) is 0 Å². The van der Waals surface area contributed by atoms with E-state index in [4.69, 9.17) is 0 Å². The summed E-state index contributed by atoms with van der Waals surface area (Å²) in [6, 6.07) is 0. The van der Waals surface area contributed by atoms with Crippen LogP contribution in [0.15, 0.2) is 48.6 Å². The van der Waals surface area contributed by atoms with Gasteiger partial charge in [0.1, 0.15) is 0 Å². The van der Waals surface area contributed by atoms with Crippen molar-refractivity contribution in [3.8, 4) is 0 Å². The number of hydrogen-bond donors (Lipinski definition) is 0. The van der Waals surface area contributed by atoms with Crippen molar-refractivity contribution in [1.82, 2.24) is 0 Å². The third-order valence-corrected chi connectivity index (χ3v) is 1.05. The molecule has 0 spiro atoms. The Morgan fingerprint density at radius 1 is 1.30 bits per heavy atom. The van der Waals surface area contributed by atoms with E-state index < -0.39 is 0 Å². The molecule has 0 saturated carbocycles. The predicted molar refractivity (Wildman–Crippen MR) is 47.9 cm³/mol. The fourth-order valence-electron chi connectivity index (χ4n) is 0.523. The summed E-state index contributed by atoms with van der Waals surface area (Å²) in [5.41, 5.74) is 1.23. The van der Waals surface area contributed by atoms with Crippen LogP contribution in [0.4, 0.5) is 0 Å². The summed E-state index contributed by atoms with van der Waals surface area (Å²) < 4.78 is 0. The third-order valence-electron chi connectivity index (χ3n) is 1.05. The first-order valence-corrected chi connectivity index (χ1v) is 3.40. The van der Waals surface area contributed by atoms with Gasteiger partial charge in [0.25, 0.3) is 0 Å². The molecule has 0 aromatic heterocycles. The first-order valence-electron chi connectivity index (χ1n) is 3.40. The van der Waals surface area contributed by atoms with Crippen molar-refractivity contribution < 1.29 is 0 Å². The minimum Gasteiger partial charge on any atom is -0.0991 e. The molecular weight excluding hydrogens is 120 g/mol. The molecule has 0 aliphatic heterocycles. The van der Waals surface area contributed by atoms with Crippen LogP contribution >= 0.6 is 0 Å². The number of allylic oxidation sites excluding steroid dienone is 7. The molecule has 0 amide bonds. The van der Waals surface area contributed by atoms with Gasteiger partial charge in [-0.1, -0.05) is 48.6 Å². The normalized spacial score (nSPS) is 13.2. The second-order valence-corrected chi connectivity index (χ2v) is 2.03. The van der Waals surface area contributed by atoms with Crippen LogP contribution in [0.3, 0.4) is 0 Å². The number of rotatable bonds is 3. The van der Waals surface area contributed by atoms with Gasteiger partial charge in [0, 0.05) is 0 Å². The van der Waals surface area contributed by atoms with E-state index in [1.165, 1.54) is 5.57 Å². The van der Waals surface area contributed by atoms with Crippen molar-refractivity contribution in [2.75, 3.05) is 0 Å². The summed E-state index contributed by atoms with van der Waals surface area (Å²) >= 11 is 0. The molecule has 0 heterocycles. The average molecular weight is 134 g/mol. The lowest BCUT2D eigenvalue weighted by Crippen LogP contribution is -1.63. The Kier molecular flexibility index (Phi) is 5.45. The fraction of sp³-hybridized carbons (Fsp3) is 0.200. The van der Waals surface area contributed by atoms with Gasteiger partial charge in [0.2, 0.25) is 0 Å². The van der Waals surface area contributed by atoms with Crippen LogP contribution < -0.4 is 0 Å². The molecule has 54 valence electrons. The Morgan fingerprint density at radius 2 is 2.00 bits per heavy atom. The maximum absolute atomic E-state index is 3.58. The average Bonchev–Trinajstić information content (AvgIpc) is 1.97. The van der Waals surface area contributed by atoms with E-state index in [0.717, 1.165) is 0 Å². The van der Waals surface area contributed by atoms with Crippen LogP contribution in [0.25, 0.3) is 0 Å². The van der Waals surface area contributed by atoms with Crippen molar-refractivity contribution in [2.24, 2.45) is 0 Å². The van der Waals surface area contributed by atoms with Gasteiger partial charge in [-0.05, 0) is 13.8 Å². The fourth-order valence-corrected chi connectivity index (χ4v) is 0.523. The molecule has 0 aromatic carbocycles. The minimum absolute atomic E-state index is 1.23. The van der Waals surface area contributed by atoms with Gasteiger partial charge in [0.15, 0.2) is 0 Å². The molecule has 0 nitrogen and oxygen atoms in total. The summed E-state index contributed by atoms with van der Waals surface area (Å²) in [5.74, 6) is 0. The Morgan fingerprint density at radius 3 is 2.50 bits per heavy atom. The van der Waals surface area contributed by atoms with Crippen LogP contribution in [-0.2, 0) is 0 Å². The Bertz CT molecular complexity index is 168. The SMILES string of the molecule is C=C\C=C/C(C)=C\C=C/C. The van der Waals surface area contributed by atoms with Gasteiger partial charge in [-0.25, -0.2) is 0 Å². The standard InChI is InChI=1S/C10H14/c1-4-6-8-10(3)9-7-5-2/h4-9H,1H2,2-3H3/b7-5-,8-6-,10-9-. The summed E-state index contributed by atoms with van der Waals surface area (Å²) in [7, 11) is 0. The molecule has 10 heavy (non-hydrogen) atoms. The molecule has 0 bridgehead atoms. The lowest BCUT2D eigenvalue weighted by molar-refractivity contribution is 1.52. The first kappa shape index (κ1) is 8.96. The van der Waals surface area contributed by atoms with Gasteiger partial charge in [-0.3, -0.25) is 0 Å². The molecule has 0 N–H and O–H groups in total. The Hall–Kier alpha value is -1.04. The maximum atomic E-state index is 3.58. The van der Waals surface area contributed by atoms with Crippen LogP contribution in [0.1, 0.15) is 13.8 Å². The second-order valence-electron chi connectivity index (χ2n) is 2.03. The van der Waals surface area contributed by atoms with Gasteiger partial charge in [-0.15, -0.1) is 0 Å². The third kappa shape index (κ3) is 5.10. The summed E-state index contributed by atoms with van der Waals surface area (Å²) in [6.45, 7) is 7.64. The highest BCUT2D eigenvalue weighted by Crippen LogP contribution is 1.94. The highest BCUT2D eigenvalue weighted by molar-refractivity contribution is 5.23. The zero-order chi connectivity index (χ0) is 7.82. The summed E-state index contributed by atoms with van der Waals surface area (Å²) in [4.78, 5) is 0. The molecule has 0 saturated heterocycles. The Labute approximate surface area is 63.3 Å². The van der Waals surface area contributed by atoms with E-state index in [0.29, 0.717) is 0 Å². The van der Waals surface area contributed by atoms with E-state index >= 15 is 0 Å². The lowest BCUT2D eigenvalue weighted by Gasteiger charge is -1.84. The van der Waals surface area contributed by atoms with Crippen molar-refractivity contribution in [2.45, 2.75) is 13.8 Å². The van der Waals surface area contributed by atoms with Crippen molar-refractivity contribution in [1.29, 1.82) is 0 Å². The quantitative estimate of drug-likeness (QED) is 0.520. The minimum atomic E-state index is 1.23. The number of hydrogen-bond acceptors (Lipinski definition) is 0. The van der Waals surface area contributed by atoms with Gasteiger partial charge >= 0.3 is 0 Å². The van der Waals surface area contributed by atoms with Crippen molar-refractivity contribution in [3.63, 3.8) is 0 Å². The van der Waals surface area contributed by atoms with Crippen LogP contribution in [-0.4, -0.2) is 0 Å². The monoisotopic (exact) mass is 134 g/mol. The second kappa shape index (κ2) is 6.09. The van der Waals surface area contributed by atoms with E-state index in [-0.39, 0.29) is 0 Å². The van der Waals surface area contributed by atoms with E-state index in [2.05, 4.69) is 19.6 Å². The first-order chi connectivity index (χ1) is 4.81. The summed E-state index contributed by atoms with van der Waals surface area (Å²) in [6.07, 6.45) is 11.8. The highest BCUT2D eigenvalue weighted by Gasteiger charge is 1.73. The molecule has 0 heteroatoms. The molecule has 0 unspecified atom stereocenters. The molecule has 0 aliphatic rings. The molecule has 0 radical (unpaired) electrons. The molecule has 0 atom stereocenters. The van der Waals surface area contributed by atoms with Crippen LogP contribution in [0.2, 0.25) is 0 Å². The van der Waals surface area contributed by atoms with Crippen molar-refractivity contribution >= 4 is 0 Å². The predicted octanol–water partition coefficient (Wildman–Crippen LogP) is 3.25. The molecule has 0 rings (SSSR count). The molecular formula is C10H14. The molecule has 0 aromatic rings. The van der Waals surface area contributed by atoms with Gasteiger partial charge < -0.3 is 0 Å². The van der Waals surface area contributed by atoms with Crippen molar-refractivity contribution in [3.05, 3.63) is 48.6 Å². The zero-order valence-corrected chi connectivity index (χ0v) is 6.67. The van der Waals surface area contributed by atoms with E-state index in [1.807, 2.05) is 31.2 Å². The maximum Gasteiger partial charge on any atom is -0.0398 e. The van der Waals surface area contributed by atoms with Crippen LogP contribution in [0, 0.1) is 0 Å². The Balaban J connectivity index is 3.93. The molecule has 0 fully saturated rings. The van der Waals surface area contributed by atoms with Gasteiger partial charge in [-0.2, -0.15) is 0 Å². The zero-order valence-electron chi connectivity index (χ0n) is 6.67. The molecule has 0 aliphatic carbocycles. The topological polar surface area (TPSA) is 0 Å². The smallest absolute Gasteiger partial charge is 0.0398 e.